The maximum absolute atomic E-state index is 12.1. The third-order valence-corrected chi connectivity index (χ3v) is 3.33. The highest BCUT2D eigenvalue weighted by Crippen LogP contribution is 2.19. The van der Waals surface area contributed by atoms with Crippen molar-refractivity contribution >= 4 is 17.3 Å². The summed E-state index contributed by atoms with van der Waals surface area (Å²) in [5, 5.41) is 6.21. The van der Waals surface area contributed by atoms with Gasteiger partial charge in [-0.15, -0.1) is 0 Å². The van der Waals surface area contributed by atoms with Gasteiger partial charge < -0.3 is 10.6 Å². The van der Waals surface area contributed by atoms with Crippen LogP contribution in [-0.2, 0) is 0 Å². The van der Waals surface area contributed by atoms with Crippen molar-refractivity contribution in [3.05, 3.63) is 53.3 Å². The molecule has 0 unspecified atom stereocenters. The lowest BCUT2D eigenvalue weighted by atomic mass is 10.1. The van der Waals surface area contributed by atoms with Crippen LogP contribution in [0.25, 0.3) is 0 Å². The van der Waals surface area contributed by atoms with E-state index in [0.29, 0.717) is 12.1 Å². The number of hydrogen-bond donors (Lipinski definition) is 2. The van der Waals surface area contributed by atoms with Crippen molar-refractivity contribution in [1.82, 2.24) is 10.3 Å². The smallest absolute Gasteiger partial charge is 0.252 e. The number of benzene rings is 1. The summed E-state index contributed by atoms with van der Waals surface area (Å²) in [7, 11) is 0. The van der Waals surface area contributed by atoms with Gasteiger partial charge in [0.15, 0.2) is 0 Å². The largest absolute Gasteiger partial charge is 0.354 e. The van der Waals surface area contributed by atoms with Crippen LogP contribution in [0.5, 0.6) is 0 Å². The minimum absolute atomic E-state index is 0.0787. The summed E-state index contributed by atoms with van der Waals surface area (Å²) in [6, 6.07) is 8.09. The van der Waals surface area contributed by atoms with Gasteiger partial charge in [-0.2, -0.15) is 0 Å². The molecular weight excluding hydrogens is 274 g/mol. The number of amides is 1. The Morgan fingerprint density at radius 3 is 2.45 bits per heavy atom. The summed E-state index contributed by atoms with van der Waals surface area (Å²) >= 11 is 0. The molecule has 4 heteroatoms. The van der Waals surface area contributed by atoms with Gasteiger partial charge in [-0.3, -0.25) is 9.78 Å². The number of unbranched alkanes of at least 4 members (excludes halogenated alkanes) is 1. The Balaban J connectivity index is 2.09. The van der Waals surface area contributed by atoms with Crippen molar-refractivity contribution in [1.29, 1.82) is 0 Å². The number of hydrogen-bond acceptors (Lipinski definition) is 3. The van der Waals surface area contributed by atoms with Crippen LogP contribution >= 0.6 is 0 Å². The van der Waals surface area contributed by atoms with Crippen molar-refractivity contribution in [2.24, 2.45) is 0 Å². The molecule has 1 heterocycles. The zero-order chi connectivity index (χ0) is 15.9. The van der Waals surface area contributed by atoms with E-state index in [2.05, 4.69) is 54.6 Å². The highest BCUT2D eigenvalue weighted by atomic mass is 16.1. The van der Waals surface area contributed by atoms with Gasteiger partial charge in [0.05, 0.1) is 17.4 Å². The molecular formula is C18H23N3O. The molecule has 0 saturated carbocycles. The SMILES string of the molecule is CCCCNC(=O)c1cncc(Nc2cc(C)cc(C)c2)c1. The summed E-state index contributed by atoms with van der Waals surface area (Å²) in [4.78, 5) is 16.2. The minimum atomic E-state index is -0.0787. The molecule has 2 N–H and O–H groups in total. The van der Waals surface area contributed by atoms with Crippen molar-refractivity contribution in [2.75, 3.05) is 11.9 Å². The monoisotopic (exact) mass is 297 g/mol. The van der Waals surface area contributed by atoms with Crippen LogP contribution in [-0.4, -0.2) is 17.4 Å². The van der Waals surface area contributed by atoms with E-state index in [-0.39, 0.29) is 5.91 Å². The van der Waals surface area contributed by atoms with Crippen LogP contribution in [0.3, 0.4) is 0 Å². The Morgan fingerprint density at radius 2 is 1.77 bits per heavy atom. The maximum atomic E-state index is 12.1. The summed E-state index contributed by atoms with van der Waals surface area (Å²) in [6.45, 7) is 6.92. The fourth-order valence-corrected chi connectivity index (χ4v) is 2.33. The molecule has 1 aromatic heterocycles. The predicted molar refractivity (Wildman–Crippen MR) is 90.7 cm³/mol. The fourth-order valence-electron chi connectivity index (χ4n) is 2.33. The summed E-state index contributed by atoms with van der Waals surface area (Å²) < 4.78 is 0. The molecule has 0 aliphatic carbocycles. The molecule has 0 aliphatic rings. The number of rotatable bonds is 6. The number of pyridine rings is 1. The first-order valence-corrected chi connectivity index (χ1v) is 7.67. The summed E-state index contributed by atoms with van der Waals surface area (Å²) in [6.07, 6.45) is 5.36. The Morgan fingerprint density at radius 1 is 1.05 bits per heavy atom. The van der Waals surface area contributed by atoms with Crippen molar-refractivity contribution < 1.29 is 4.79 Å². The molecule has 116 valence electrons. The molecule has 4 nitrogen and oxygen atoms in total. The first-order valence-electron chi connectivity index (χ1n) is 7.67. The standard InChI is InChI=1S/C18H23N3O/c1-4-5-6-20-18(22)15-10-17(12-19-11-15)21-16-8-13(2)7-14(3)9-16/h7-12,21H,4-6H2,1-3H3,(H,20,22). The average molecular weight is 297 g/mol. The molecule has 0 aliphatic heterocycles. The highest BCUT2D eigenvalue weighted by Gasteiger charge is 2.06. The lowest BCUT2D eigenvalue weighted by Gasteiger charge is -2.10. The van der Waals surface area contributed by atoms with Gasteiger partial charge in [-0.1, -0.05) is 19.4 Å². The third kappa shape index (κ3) is 4.58. The van der Waals surface area contributed by atoms with Crippen LogP contribution in [0.1, 0.15) is 41.3 Å². The van der Waals surface area contributed by atoms with Crippen LogP contribution in [0.4, 0.5) is 11.4 Å². The molecule has 0 fully saturated rings. The first kappa shape index (κ1) is 16.0. The topological polar surface area (TPSA) is 54.0 Å². The normalized spacial score (nSPS) is 10.3. The van der Waals surface area contributed by atoms with Crippen LogP contribution in [0, 0.1) is 13.8 Å². The van der Waals surface area contributed by atoms with Gasteiger partial charge >= 0.3 is 0 Å². The lowest BCUT2D eigenvalue weighted by molar-refractivity contribution is 0.0953. The van der Waals surface area contributed by atoms with Gasteiger partial charge in [-0.05, 0) is 49.6 Å². The molecule has 0 atom stereocenters. The molecule has 0 bridgehead atoms. The molecule has 2 aromatic rings. The Bertz CT molecular complexity index is 632. The van der Waals surface area contributed by atoms with Gasteiger partial charge in [-0.25, -0.2) is 0 Å². The predicted octanol–water partition coefficient (Wildman–Crippen LogP) is 3.97. The van der Waals surface area contributed by atoms with E-state index in [1.807, 2.05) is 6.07 Å². The van der Waals surface area contributed by atoms with Crippen molar-refractivity contribution in [3.63, 3.8) is 0 Å². The molecule has 1 aromatic carbocycles. The number of nitrogens with zero attached hydrogens (tertiary/aromatic N) is 1. The number of carbonyl (C=O) groups excluding carboxylic acids is 1. The summed E-state index contributed by atoms with van der Waals surface area (Å²) in [5.41, 5.74) is 4.79. The Kier molecular flexibility index (Phi) is 5.53. The number of aromatic nitrogens is 1. The molecule has 2 rings (SSSR count). The van der Waals surface area contributed by atoms with E-state index in [1.54, 1.807) is 12.4 Å². The third-order valence-electron chi connectivity index (χ3n) is 3.33. The second kappa shape index (κ2) is 7.59. The fraction of sp³-hybridized carbons (Fsp3) is 0.333. The Hall–Kier alpha value is -2.36. The van der Waals surface area contributed by atoms with Gasteiger partial charge in [0.25, 0.3) is 5.91 Å². The van der Waals surface area contributed by atoms with Gasteiger partial charge in [0.2, 0.25) is 0 Å². The van der Waals surface area contributed by atoms with E-state index in [0.717, 1.165) is 24.2 Å². The molecule has 0 radical (unpaired) electrons. The van der Waals surface area contributed by atoms with Gasteiger partial charge in [0, 0.05) is 18.4 Å². The molecule has 0 spiro atoms. The van der Waals surface area contributed by atoms with Crippen molar-refractivity contribution in [2.45, 2.75) is 33.6 Å². The Labute approximate surface area is 132 Å². The van der Waals surface area contributed by atoms with Crippen LogP contribution < -0.4 is 10.6 Å². The second-order valence-corrected chi connectivity index (χ2v) is 5.57. The van der Waals surface area contributed by atoms with Crippen LogP contribution in [0.2, 0.25) is 0 Å². The van der Waals surface area contributed by atoms with E-state index in [4.69, 9.17) is 0 Å². The van der Waals surface area contributed by atoms with Gasteiger partial charge in [0.1, 0.15) is 0 Å². The van der Waals surface area contributed by atoms with Crippen molar-refractivity contribution in [3.8, 4) is 0 Å². The number of anilines is 2. The lowest BCUT2D eigenvalue weighted by Crippen LogP contribution is -2.24. The highest BCUT2D eigenvalue weighted by molar-refractivity contribution is 5.94. The molecule has 22 heavy (non-hydrogen) atoms. The zero-order valence-corrected chi connectivity index (χ0v) is 13.4. The average Bonchev–Trinajstić information content (AvgIpc) is 2.46. The first-order chi connectivity index (χ1) is 10.6. The second-order valence-electron chi connectivity index (χ2n) is 5.57. The molecule has 1 amide bonds. The van der Waals surface area contributed by atoms with E-state index < -0.39 is 0 Å². The number of nitrogens with one attached hydrogen (secondary N) is 2. The number of carbonyl (C=O) groups is 1. The quantitative estimate of drug-likeness (QED) is 0.793. The summed E-state index contributed by atoms with van der Waals surface area (Å²) in [5.74, 6) is -0.0787. The number of aryl methyl sites for hydroxylation is 2. The van der Waals surface area contributed by atoms with E-state index in [9.17, 15) is 4.79 Å². The molecule has 0 saturated heterocycles. The van der Waals surface area contributed by atoms with Crippen LogP contribution in [0.15, 0.2) is 36.7 Å². The van der Waals surface area contributed by atoms with E-state index in [1.165, 1.54) is 11.1 Å². The van der Waals surface area contributed by atoms with E-state index >= 15 is 0 Å². The zero-order valence-electron chi connectivity index (χ0n) is 13.4. The minimum Gasteiger partial charge on any atom is -0.354 e. The maximum Gasteiger partial charge on any atom is 0.252 e.